The minimum absolute atomic E-state index is 1.01. The lowest BCUT2D eigenvalue weighted by atomic mass is 9.91. The zero-order chi connectivity index (χ0) is 22.7. The van der Waals surface area contributed by atoms with Crippen LogP contribution in [0.15, 0.2) is 0 Å². The summed E-state index contributed by atoms with van der Waals surface area (Å²) in [6.07, 6.45) is 39.2. The van der Waals surface area contributed by atoms with Gasteiger partial charge in [0.1, 0.15) is 0 Å². The smallest absolute Gasteiger partial charge is 0.0414 e. The fraction of sp³-hybridized carbons (Fsp3) is 0.968. The van der Waals surface area contributed by atoms with Crippen LogP contribution in [-0.2, 0) is 0 Å². The lowest BCUT2D eigenvalue weighted by molar-refractivity contribution is 0.378. The van der Waals surface area contributed by atoms with E-state index in [2.05, 4.69) is 20.8 Å². The summed E-state index contributed by atoms with van der Waals surface area (Å²) in [6, 6.07) is 0. The van der Waals surface area contributed by atoms with E-state index in [-0.39, 0.29) is 0 Å². The maximum atomic E-state index is 3.97. The minimum atomic E-state index is 1.01. The topological polar surface area (TPSA) is 0 Å². The summed E-state index contributed by atoms with van der Waals surface area (Å²) in [5.74, 6) is 1.01. The Morgan fingerprint density at radius 1 is 0.355 bits per heavy atom. The molecule has 0 N–H and O–H groups in total. The fourth-order valence-corrected chi connectivity index (χ4v) is 5.14. The lowest BCUT2D eigenvalue weighted by Crippen LogP contribution is -2.00. The molecule has 1 unspecified atom stereocenters. The molecule has 0 fully saturated rings. The van der Waals surface area contributed by atoms with Crippen molar-refractivity contribution in [2.24, 2.45) is 5.92 Å². The SMILES string of the molecule is [CH2]CCCCCC(CCC)CCCCCCCCCCCCCCCCCCCCC. The number of unbranched alkanes of at least 4 members (excludes halogenated alkanes) is 21. The van der Waals surface area contributed by atoms with Gasteiger partial charge in [-0.1, -0.05) is 194 Å². The van der Waals surface area contributed by atoms with Crippen LogP contribution < -0.4 is 0 Å². The van der Waals surface area contributed by atoms with Crippen LogP contribution in [0.2, 0.25) is 0 Å². The lowest BCUT2D eigenvalue weighted by Gasteiger charge is -2.15. The molecule has 0 aliphatic rings. The normalized spacial score (nSPS) is 12.5. The summed E-state index contributed by atoms with van der Waals surface area (Å²) in [5.41, 5.74) is 0. The van der Waals surface area contributed by atoms with Crippen molar-refractivity contribution in [1.82, 2.24) is 0 Å². The van der Waals surface area contributed by atoms with Gasteiger partial charge in [-0.3, -0.25) is 0 Å². The van der Waals surface area contributed by atoms with Gasteiger partial charge >= 0.3 is 0 Å². The van der Waals surface area contributed by atoms with Gasteiger partial charge in [-0.25, -0.2) is 0 Å². The predicted molar refractivity (Wildman–Crippen MR) is 145 cm³/mol. The summed E-state index contributed by atoms with van der Waals surface area (Å²) in [5, 5.41) is 0. The average Bonchev–Trinajstić information content (AvgIpc) is 2.78. The van der Waals surface area contributed by atoms with E-state index in [1.54, 1.807) is 0 Å². The first-order chi connectivity index (χ1) is 15.3. The second kappa shape index (κ2) is 28.0. The van der Waals surface area contributed by atoms with Gasteiger partial charge in [0.2, 0.25) is 0 Å². The average molecular weight is 436 g/mol. The molecule has 1 radical (unpaired) electrons. The molecule has 0 amide bonds. The Kier molecular flexibility index (Phi) is 28.0. The third-order valence-electron chi connectivity index (χ3n) is 7.28. The molecule has 0 spiro atoms. The van der Waals surface area contributed by atoms with Crippen molar-refractivity contribution in [3.63, 3.8) is 0 Å². The van der Waals surface area contributed by atoms with Crippen LogP contribution in [0.25, 0.3) is 0 Å². The Morgan fingerprint density at radius 3 is 1.00 bits per heavy atom. The zero-order valence-electron chi connectivity index (χ0n) is 22.4. The molecule has 1 atom stereocenters. The van der Waals surface area contributed by atoms with Crippen LogP contribution in [0, 0.1) is 12.8 Å². The third-order valence-corrected chi connectivity index (χ3v) is 7.28. The van der Waals surface area contributed by atoms with Gasteiger partial charge < -0.3 is 0 Å². The van der Waals surface area contributed by atoms with E-state index in [0.29, 0.717) is 0 Å². The van der Waals surface area contributed by atoms with Gasteiger partial charge in [0.05, 0.1) is 0 Å². The van der Waals surface area contributed by atoms with E-state index in [4.69, 9.17) is 0 Å². The fourth-order valence-electron chi connectivity index (χ4n) is 5.14. The van der Waals surface area contributed by atoms with Crippen LogP contribution in [-0.4, -0.2) is 0 Å². The zero-order valence-corrected chi connectivity index (χ0v) is 22.4. The number of hydrogen-bond donors (Lipinski definition) is 0. The standard InChI is InChI=1S/C31H63/c1-4-7-9-11-12-13-14-15-16-17-18-19-20-21-22-23-24-25-27-30-31(28-6-3)29-26-10-8-5-2/h31H,2,4-30H2,1,3H3. The highest BCUT2D eigenvalue weighted by molar-refractivity contribution is 4.61. The molecular weight excluding hydrogens is 372 g/mol. The number of rotatable bonds is 27. The van der Waals surface area contributed by atoms with Gasteiger partial charge in [-0.2, -0.15) is 0 Å². The molecule has 0 rings (SSSR count). The predicted octanol–water partition coefficient (Wildman–Crippen LogP) is 12.0. The molecule has 0 aliphatic carbocycles. The molecule has 0 heteroatoms. The molecule has 0 aromatic carbocycles. The van der Waals surface area contributed by atoms with Crippen molar-refractivity contribution < 1.29 is 0 Å². The molecular formula is C31H63. The summed E-state index contributed by atoms with van der Waals surface area (Å²) in [4.78, 5) is 0. The van der Waals surface area contributed by atoms with Crippen LogP contribution in [0.1, 0.15) is 187 Å². The quantitative estimate of drug-likeness (QED) is 0.112. The molecule has 0 nitrogen and oxygen atoms in total. The van der Waals surface area contributed by atoms with E-state index >= 15 is 0 Å². The third kappa shape index (κ3) is 26.1. The molecule has 0 aromatic heterocycles. The molecule has 0 saturated heterocycles. The molecule has 0 bridgehead atoms. The summed E-state index contributed by atoms with van der Waals surface area (Å²) >= 11 is 0. The second-order valence-corrected chi connectivity index (χ2v) is 10.5. The van der Waals surface area contributed by atoms with Gasteiger partial charge in [-0.15, -0.1) is 0 Å². The first kappa shape index (κ1) is 31.0. The van der Waals surface area contributed by atoms with Crippen LogP contribution in [0.3, 0.4) is 0 Å². The Bertz CT molecular complexity index is 294. The summed E-state index contributed by atoms with van der Waals surface area (Å²) in [7, 11) is 0. The van der Waals surface area contributed by atoms with Gasteiger partial charge in [-0.05, 0) is 5.92 Å². The van der Waals surface area contributed by atoms with Crippen LogP contribution >= 0.6 is 0 Å². The first-order valence-electron chi connectivity index (χ1n) is 15.1. The van der Waals surface area contributed by atoms with Crippen molar-refractivity contribution in [1.29, 1.82) is 0 Å². The molecule has 31 heavy (non-hydrogen) atoms. The monoisotopic (exact) mass is 435 g/mol. The van der Waals surface area contributed by atoms with Crippen molar-refractivity contribution in [3.8, 4) is 0 Å². The molecule has 0 aliphatic heterocycles. The Balaban J connectivity index is 3.23. The number of hydrogen-bond acceptors (Lipinski definition) is 0. The second-order valence-electron chi connectivity index (χ2n) is 10.5. The van der Waals surface area contributed by atoms with E-state index < -0.39 is 0 Å². The summed E-state index contributed by atoms with van der Waals surface area (Å²) in [6.45, 7) is 8.64. The molecule has 0 aromatic rings. The Morgan fingerprint density at radius 2 is 0.677 bits per heavy atom. The van der Waals surface area contributed by atoms with Crippen LogP contribution in [0.5, 0.6) is 0 Å². The summed E-state index contributed by atoms with van der Waals surface area (Å²) < 4.78 is 0. The van der Waals surface area contributed by atoms with Crippen molar-refractivity contribution in [3.05, 3.63) is 6.92 Å². The highest BCUT2D eigenvalue weighted by atomic mass is 14.1. The van der Waals surface area contributed by atoms with Crippen LogP contribution in [0.4, 0.5) is 0 Å². The first-order valence-corrected chi connectivity index (χ1v) is 15.1. The van der Waals surface area contributed by atoms with Crippen molar-refractivity contribution in [2.45, 2.75) is 187 Å². The minimum Gasteiger partial charge on any atom is -0.0654 e. The van der Waals surface area contributed by atoms with E-state index in [1.807, 2.05) is 0 Å². The van der Waals surface area contributed by atoms with Gasteiger partial charge in [0, 0.05) is 0 Å². The van der Waals surface area contributed by atoms with E-state index in [1.165, 1.54) is 167 Å². The van der Waals surface area contributed by atoms with E-state index in [9.17, 15) is 0 Å². The van der Waals surface area contributed by atoms with Crippen molar-refractivity contribution >= 4 is 0 Å². The molecule has 0 heterocycles. The van der Waals surface area contributed by atoms with Gasteiger partial charge in [0.25, 0.3) is 0 Å². The van der Waals surface area contributed by atoms with Crippen molar-refractivity contribution in [2.75, 3.05) is 0 Å². The Labute approximate surface area is 200 Å². The maximum absolute atomic E-state index is 3.97. The highest BCUT2D eigenvalue weighted by Gasteiger charge is 2.07. The Hall–Kier alpha value is 0. The molecule has 0 saturated carbocycles. The maximum Gasteiger partial charge on any atom is -0.0414 e. The molecule has 187 valence electrons. The highest BCUT2D eigenvalue weighted by Crippen LogP contribution is 2.23. The largest absolute Gasteiger partial charge is 0.0654 e. The van der Waals surface area contributed by atoms with E-state index in [0.717, 1.165) is 12.3 Å². The van der Waals surface area contributed by atoms with Gasteiger partial charge in [0.15, 0.2) is 0 Å².